The molecular formula is C20H21N3O2. The molecule has 0 saturated heterocycles. The van der Waals surface area contributed by atoms with E-state index in [1.807, 2.05) is 18.2 Å². The van der Waals surface area contributed by atoms with Crippen LogP contribution in [0.5, 0.6) is 0 Å². The predicted molar refractivity (Wildman–Crippen MR) is 101 cm³/mol. The van der Waals surface area contributed by atoms with Crippen molar-refractivity contribution in [1.82, 2.24) is 9.88 Å². The lowest BCUT2D eigenvalue weighted by atomic mass is 10.1. The van der Waals surface area contributed by atoms with E-state index < -0.39 is 11.9 Å². The number of aryl methyl sites for hydroxylation is 1. The molecule has 0 radical (unpaired) electrons. The molecule has 3 rings (SSSR count). The van der Waals surface area contributed by atoms with Gasteiger partial charge in [0.15, 0.2) is 0 Å². The van der Waals surface area contributed by atoms with E-state index in [4.69, 9.17) is 5.73 Å². The summed E-state index contributed by atoms with van der Waals surface area (Å²) >= 11 is 0. The normalized spacial score (nSPS) is 12.7. The molecule has 3 N–H and O–H groups in total. The number of hydrogen-bond acceptors (Lipinski definition) is 2. The van der Waals surface area contributed by atoms with Crippen LogP contribution in [0.2, 0.25) is 0 Å². The number of carbonyl (C=O) groups excluding carboxylic acids is 2. The molecule has 0 spiro atoms. The van der Waals surface area contributed by atoms with Crippen molar-refractivity contribution in [2.24, 2.45) is 5.73 Å². The van der Waals surface area contributed by atoms with Gasteiger partial charge in [-0.05, 0) is 43.7 Å². The lowest BCUT2D eigenvalue weighted by Crippen LogP contribution is -2.41. The van der Waals surface area contributed by atoms with Gasteiger partial charge in [-0.3, -0.25) is 9.59 Å². The van der Waals surface area contributed by atoms with Gasteiger partial charge in [-0.2, -0.15) is 0 Å². The number of amides is 2. The van der Waals surface area contributed by atoms with E-state index in [1.165, 1.54) is 22.5 Å². The number of para-hydroxylation sites is 1. The number of hydrogen-bond donors (Lipinski definition) is 2. The number of benzene rings is 2. The fourth-order valence-electron chi connectivity index (χ4n) is 3.02. The van der Waals surface area contributed by atoms with Crippen LogP contribution < -0.4 is 11.1 Å². The molecule has 1 aromatic heterocycles. The number of rotatable bonds is 5. The van der Waals surface area contributed by atoms with Crippen molar-refractivity contribution < 1.29 is 9.59 Å². The number of carbonyl (C=O) groups is 2. The zero-order chi connectivity index (χ0) is 18.0. The first kappa shape index (κ1) is 16.8. The Morgan fingerprint density at radius 1 is 1.16 bits per heavy atom. The zero-order valence-corrected chi connectivity index (χ0v) is 14.3. The maximum Gasteiger partial charge on any atom is 0.244 e. The molecule has 0 bridgehead atoms. The molecule has 1 atom stereocenters. The summed E-state index contributed by atoms with van der Waals surface area (Å²) in [6, 6.07) is 13.7. The van der Waals surface area contributed by atoms with Gasteiger partial charge < -0.3 is 15.6 Å². The minimum absolute atomic E-state index is 0.345. The summed E-state index contributed by atoms with van der Waals surface area (Å²) in [7, 11) is 0. The summed E-state index contributed by atoms with van der Waals surface area (Å²) in [5, 5.41) is 4.88. The highest BCUT2D eigenvalue weighted by Crippen LogP contribution is 2.29. The molecule has 3 aromatic rings. The number of primary amides is 1. The van der Waals surface area contributed by atoms with E-state index in [0.717, 1.165) is 17.5 Å². The van der Waals surface area contributed by atoms with Crippen molar-refractivity contribution in [3.05, 3.63) is 54.1 Å². The standard InChI is InChI=1S/C20H21N3O2/c1-3-23-17-7-5-4-6-15(17)16-12-14(8-10-18(16)23)9-11-19(24)22-13(2)20(21)25/h4-13H,3H2,1-2H3,(H2,21,25)(H,22,24)/b11-9-/t13-/m1/s1. The topological polar surface area (TPSA) is 77.1 Å². The minimum atomic E-state index is -0.692. The first-order valence-corrected chi connectivity index (χ1v) is 8.30. The minimum Gasteiger partial charge on any atom is -0.368 e. The molecule has 0 unspecified atom stereocenters. The third-order valence-electron chi connectivity index (χ3n) is 4.33. The molecule has 0 fully saturated rings. The van der Waals surface area contributed by atoms with Gasteiger partial charge in [-0.25, -0.2) is 0 Å². The highest BCUT2D eigenvalue weighted by molar-refractivity contribution is 6.08. The monoisotopic (exact) mass is 335 g/mol. The van der Waals surface area contributed by atoms with E-state index in [0.29, 0.717) is 0 Å². The average Bonchev–Trinajstić information content (AvgIpc) is 2.93. The fourth-order valence-corrected chi connectivity index (χ4v) is 3.02. The third kappa shape index (κ3) is 3.26. The summed E-state index contributed by atoms with van der Waals surface area (Å²) in [5.41, 5.74) is 8.44. The molecule has 5 nitrogen and oxygen atoms in total. The van der Waals surface area contributed by atoms with Crippen molar-refractivity contribution in [3.63, 3.8) is 0 Å². The summed E-state index contributed by atoms with van der Waals surface area (Å²) in [5.74, 6) is -0.905. The quantitative estimate of drug-likeness (QED) is 0.703. The molecule has 2 amide bonds. The SMILES string of the molecule is CCn1c2ccccc2c2cc(/C=C\C(=O)N[C@H](C)C(N)=O)ccc21. The van der Waals surface area contributed by atoms with Crippen LogP contribution in [0.25, 0.3) is 27.9 Å². The Bertz CT molecular complexity index is 985. The van der Waals surface area contributed by atoms with Crippen LogP contribution in [-0.2, 0) is 16.1 Å². The molecule has 0 aliphatic carbocycles. The van der Waals surface area contributed by atoms with Gasteiger partial charge in [0.25, 0.3) is 0 Å². The first-order valence-electron chi connectivity index (χ1n) is 8.30. The Morgan fingerprint density at radius 3 is 2.60 bits per heavy atom. The lowest BCUT2D eigenvalue weighted by Gasteiger charge is -2.07. The van der Waals surface area contributed by atoms with Crippen LogP contribution in [0, 0.1) is 0 Å². The van der Waals surface area contributed by atoms with Crippen molar-refractivity contribution in [1.29, 1.82) is 0 Å². The molecular weight excluding hydrogens is 314 g/mol. The van der Waals surface area contributed by atoms with Gasteiger partial charge in [0.2, 0.25) is 11.8 Å². The molecule has 0 saturated carbocycles. The van der Waals surface area contributed by atoms with Gasteiger partial charge in [0, 0.05) is 34.4 Å². The number of nitrogens with two attached hydrogens (primary N) is 1. The van der Waals surface area contributed by atoms with Crippen LogP contribution in [-0.4, -0.2) is 22.4 Å². The van der Waals surface area contributed by atoms with Crippen molar-refractivity contribution >= 4 is 39.7 Å². The Kier molecular flexibility index (Phi) is 4.57. The van der Waals surface area contributed by atoms with Gasteiger partial charge in [-0.15, -0.1) is 0 Å². The summed E-state index contributed by atoms with van der Waals surface area (Å²) < 4.78 is 2.28. The van der Waals surface area contributed by atoms with Crippen LogP contribution in [0.3, 0.4) is 0 Å². The highest BCUT2D eigenvalue weighted by Gasteiger charge is 2.11. The van der Waals surface area contributed by atoms with Gasteiger partial charge >= 0.3 is 0 Å². The maximum absolute atomic E-state index is 11.8. The van der Waals surface area contributed by atoms with Gasteiger partial charge in [0.05, 0.1) is 0 Å². The first-order chi connectivity index (χ1) is 12.0. The van der Waals surface area contributed by atoms with E-state index in [1.54, 1.807) is 13.0 Å². The molecule has 5 heteroatoms. The molecule has 2 aromatic carbocycles. The van der Waals surface area contributed by atoms with Crippen molar-refractivity contribution in [2.75, 3.05) is 0 Å². The Morgan fingerprint density at radius 2 is 1.88 bits per heavy atom. The largest absolute Gasteiger partial charge is 0.368 e. The van der Waals surface area contributed by atoms with Crippen molar-refractivity contribution in [3.8, 4) is 0 Å². The maximum atomic E-state index is 11.8. The number of fused-ring (bicyclic) bond motifs is 3. The zero-order valence-electron chi connectivity index (χ0n) is 14.3. The highest BCUT2D eigenvalue weighted by atomic mass is 16.2. The van der Waals surface area contributed by atoms with Crippen LogP contribution in [0.15, 0.2) is 48.5 Å². The van der Waals surface area contributed by atoms with E-state index >= 15 is 0 Å². The second kappa shape index (κ2) is 6.81. The smallest absolute Gasteiger partial charge is 0.244 e. The molecule has 128 valence electrons. The number of nitrogens with one attached hydrogen (secondary N) is 1. The summed E-state index contributed by atoms with van der Waals surface area (Å²) in [6.07, 6.45) is 3.15. The second-order valence-electron chi connectivity index (χ2n) is 6.00. The predicted octanol–water partition coefficient (Wildman–Crippen LogP) is 2.82. The second-order valence-corrected chi connectivity index (χ2v) is 6.00. The van der Waals surface area contributed by atoms with E-state index in [9.17, 15) is 9.59 Å². The van der Waals surface area contributed by atoms with Crippen molar-refractivity contribution in [2.45, 2.75) is 26.4 Å². The third-order valence-corrected chi connectivity index (χ3v) is 4.33. The van der Waals surface area contributed by atoms with Crippen LogP contribution in [0.1, 0.15) is 19.4 Å². The summed E-state index contributed by atoms with van der Waals surface area (Å²) in [6.45, 7) is 4.58. The Hall–Kier alpha value is -3.08. The van der Waals surface area contributed by atoms with E-state index in [-0.39, 0.29) is 5.91 Å². The number of nitrogens with zero attached hydrogens (tertiary/aromatic N) is 1. The van der Waals surface area contributed by atoms with E-state index in [2.05, 4.69) is 41.1 Å². The molecule has 0 aliphatic rings. The van der Waals surface area contributed by atoms with Crippen LogP contribution in [0.4, 0.5) is 0 Å². The van der Waals surface area contributed by atoms with Gasteiger partial charge in [-0.1, -0.05) is 24.3 Å². The average molecular weight is 335 g/mol. The fraction of sp³-hybridized carbons (Fsp3) is 0.200. The van der Waals surface area contributed by atoms with Gasteiger partial charge in [0.1, 0.15) is 6.04 Å². The van der Waals surface area contributed by atoms with Crippen LogP contribution >= 0.6 is 0 Å². The molecule has 25 heavy (non-hydrogen) atoms. The lowest BCUT2D eigenvalue weighted by molar-refractivity contribution is -0.124. The summed E-state index contributed by atoms with van der Waals surface area (Å²) in [4.78, 5) is 22.8. The Balaban J connectivity index is 1.94. The Labute approximate surface area is 146 Å². The molecule has 0 aliphatic heterocycles. The number of aromatic nitrogens is 1. The molecule has 1 heterocycles.